The molecule has 3 heterocycles. The highest BCUT2D eigenvalue weighted by Crippen LogP contribution is 2.11. The first kappa shape index (κ1) is 14.4. The van der Waals surface area contributed by atoms with Crippen LogP contribution < -0.4 is 10.9 Å². The van der Waals surface area contributed by atoms with Gasteiger partial charge in [-0.1, -0.05) is 6.07 Å². The second-order valence-corrected chi connectivity index (χ2v) is 5.03. The first-order valence-corrected chi connectivity index (χ1v) is 7.14. The fourth-order valence-corrected chi connectivity index (χ4v) is 2.30. The summed E-state index contributed by atoms with van der Waals surface area (Å²) in [6, 6.07) is 5.30. The Hall–Kier alpha value is -2.54. The van der Waals surface area contributed by atoms with Gasteiger partial charge in [0.15, 0.2) is 5.82 Å². The molecule has 1 unspecified atom stereocenters. The van der Waals surface area contributed by atoms with Crippen molar-refractivity contribution in [3.63, 3.8) is 0 Å². The van der Waals surface area contributed by atoms with Gasteiger partial charge in [-0.15, -0.1) is 0 Å². The van der Waals surface area contributed by atoms with Gasteiger partial charge in [-0.2, -0.15) is 0 Å². The van der Waals surface area contributed by atoms with E-state index >= 15 is 0 Å². The molecule has 7 heteroatoms. The fourth-order valence-electron chi connectivity index (χ4n) is 2.30. The molecule has 0 radical (unpaired) electrons. The lowest BCUT2D eigenvalue weighted by Crippen LogP contribution is -2.35. The molecular formula is C15H16N4O3. The van der Waals surface area contributed by atoms with Gasteiger partial charge in [-0.05, 0) is 25.0 Å². The molecule has 0 aromatic carbocycles. The van der Waals surface area contributed by atoms with Gasteiger partial charge in [0, 0.05) is 25.5 Å². The minimum atomic E-state index is -0.486. The lowest BCUT2D eigenvalue weighted by molar-refractivity contribution is 0.0856. The van der Waals surface area contributed by atoms with E-state index < -0.39 is 11.5 Å². The maximum absolute atomic E-state index is 12.0. The second-order valence-electron chi connectivity index (χ2n) is 5.03. The van der Waals surface area contributed by atoms with Crippen LogP contribution in [0, 0.1) is 0 Å². The number of rotatable bonds is 4. The summed E-state index contributed by atoms with van der Waals surface area (Å²) in [5.74, 6) is -0.113. The zero-order valence-corrected chi connectivity index (χ0v) is 11.9. The van der Waals surface area contributed by atoms with E-state index in [1.807, 2.05) is 0 Å². The summed E-state index contributed by atoms with van der Waals surface area (Å²) >= 11 is 0. The van der Waals surface area contributed by atoms with Gasteiger partial charge < -0.3 is 15.0 Å². The standard InChI is InChI=1S/C15H16N4O3/c20-14(18-8-10-4-3-7-22-10)11-9-17-13(19-15(11)21)12-5-1-2-6-16-12/h1-2,5-6,9-10H,3-4,7-8H2,(H,18,20)(H,17,19,21). The highest BCUT2D eigenvalue weighted by atomic mass is 16.5. The summed E-state index contributed by atoms with van der Waals surface area (Å²) in [5.41, 5.74) is 0.0454. The molecule has 1 fully saturated rings. The van der Waals surface area contributed by atoms with Crippen LogP contribution in [0.5, 0.6) is 0 Å². The molecule has 114 valence electrons. The molecule has 1 amide bonds. The van der Waals surface area contributed by atoms with Gasteiger partial charge in [0.25, 0.3) is 11.5 Å². The summed E-state index contributed by atoms with van der Waals surface area (Å²) in [5, 5.41) is 2.70. The summed E-state index contributed by atoms with van der Waals surface area (Å²) in [7, 11) is 0. The number of pyridine rings is 1. The predicted molar refractivity (Wildman–Crippen MR) is 79.4 cm³/mol. The number of amides is 1. The number of hydrogen-bond donors (Lipinski definition) is 2. The molecule has 1 aliphatic rings. The SMILES string of the molecule is O=C(NCC1CCCO1)c1cnc(-c2ccccn2)[nH]c1=O. The first-order valence-electron chi connectivity index (χ1n) is 7.14. The fraction of sp³-hybridized carbons (Fsp3) is 0.333. The summed E-state index contributed by atoms with van der Waals surface area (Å²) < 4.78 is 5.42. The van der Waals surface area contributed by atoms with Crippen molar-refractivity contribution in [3.8, 4) is 11.5 Å². The Morgan fingerprint density at radius 2 is 2.32 bits per heavy atom. The van der Waals surface area contributed by atoms with Crippen LogP contribution in [0.3, 0.4) is 0 Å². The Balaban J connectivity index is 1.71. The van der Waals surface area contributed by atoms with Crippen molar-refractivity contribution in [2.75, 3.05) is 13.2 Å². The minimum Gasteiger partial charge on any atom is -0.376 e. The van der Waals surface area contributed by atoms with Gasteiger partial charge in [0.05, 0.1) is 6.10 Å². The quantitative estimate of drug-likeness (QED) is 0.868. The van der Waals surface area contributed by atoms with Crippen LogP contribution in [0.1, 0.15) is 23.2 Å². The Bertz CT molecular complexity index is 708. The number of aromatic amines is 1. The van der Waals surface area contributed by atoms with E-state index in [-0.39, 0.29) is 11.7 Å². The van der Waals surface area contributed by atoms with Crippen molar-refractivity contribution in [1.29, 1.82) is 0 Å². The lowest BCUT2D eigenvalue weighted by Gasteiger charge is -2.10. The molecule has 2 aromatic rings. The average molecular weight is 300 g/mol. The van der Waals surface area contributed by atoms with Crippen molar-refractivity contribution in [2.24, 2.45) is 0 Å². The van der Waals surface area contributed by atoms with Gasteiger partial charge >= 0.3 is 0 Å². The predicted octanol–water partition coefficient (Wildman–Crippen LogP) is 0.741. The minimum absolute atomic E-state index is 0.0160. The smallest absolute Gasteiger partial charge is 0.264 e. The zero-order valence-electron chi connectivity index (χ0n) is 11.9. The van der Waals surface area contributed by atoms with Crippen molar-refractivity contribution in [1.82, 2.24) is 20.3 Å². The number of nitrogens with zero attached hydrogens (tertiary/aromatic N) is 2. The Morgan fingerprint density at radius 3 is 3.00 bits per heavy atom. The van der Waals surface area contributed by atoms with E-state index in [0.29, 0.717) is 18.1 Å². The maximum Gasteiger partial charge on any atom is 0.264 e. The number of carbonyl (C=O) groups is 1. The van der Waals surface area contributed by atoms with Gasteiger partial charge in [-0.25, -0.2) is 4.98 Å². The number of nitrogens with one attached hydrogen (secondary N) is 2. The molecule has 1 aliphatic heterocycles. The highest BCUT2D eigenvalue weighted by Gasteiger charge is 2.18. The zero-order chi connectivity index (χ0) is 15.4. The average Bonchev–Trinajstić information content (AvgIpc) is 3.07. The third-order valence-electron chi connectivity index (χ3n) is 3.47. The third kappa shape index (κ3) is 3.20. The van der Waals surface area contributed by atoms with E-state index in [0.717, 1.165) is 19.4 Å². The van der Waals surface area contributed by atoms with Crippen LogP contribution in [0.2, 0.25) is 0 Å². The highest BCUT2D eigenvalue weighted by molar-refractivity contribution is 5.93. The van der Waals surface area contributed by atoms with Crippen molar-refractivity contribution in [2.45, 2.75) is 18.9 Å². The van der Waals surface area contributed by atoms with Crippen LogP contribution in [-0.2, 0) is 4.74 Å². The largest absolute Gasteiger partial charge is 0.376 e. The molecule has 22 heavy (non-hydrogen) atoms. The molecule has 1 saturated heterocycles. The maximum atomic E-state index is 12.0. The van der Waals surface area contributed by atoms with Crippen LogP contribution in [-0.4, -0.2) is 40.1 Å². The molecule has 7 nitrogen and oxygen atoms in total. The van der Waals surface area contributed by atoms with Crippen LogP contribution in [0.15, 0.2) is 35.4 Å². The van der Waals surface area contributed by atoms with E-state index in [2.05, 4.69) is 20.3 Å². The molecule has 1 atom stereocenters. The van der Waals surface area contributed by atoms with Gasteiger partial charge in [0.2, 0.25) is 0 Å². The molecular weight excluding hydrogens is 284 g/mol. The topological polar surface area (TPSA) is 97.0 Å². The number of hydrogen-bond acceptors (Lipinski definition) is 5. The number of H-pyrrole nitrogens is 1. The number of aromatic nitrogens is 3. The van der Waals surface area contributed by atoms with Crippen molar-refractivity contribution in [3.05, 3.63) is 46.5 Å². The summed E-state index contributed by atoms with van der Waals surface area (Å²) in [4.78, 5) is 34.8. The molecule has 2 aromatic heterocycles. The Labute approximate surface area is 126 Å². The normalized spacial score (nSPS) is 17.4. The van der Waals surface area contributed by atoms with Crippen LogP contribution >= 0.6 is 0 Å². The van der Waals surface area contributed by atoms with Crippen LogP contribution in [0.25, 0.3) is 11.5 Å². The van der Waals surface area contributed by atoms with E-state index in [9.17, 15) is 9.59 Å². The summed E-state index contributed by atoms with van der Waals surface area (Å²) in [6.07, 6.45) is 4.84. The van der Waals surface area contributed by atoms with E-state index in [1.54, 1.807) is 24.4 Å². The second kappa shape index (κ2) is 6.48. The Morgan fingerprint density at radius 1 is 1.41 bits per heavy atom. The summed E-state index contributed by atoms with van der Waals surface area (Å²) in [6.45, 7) is 1.13. The monoisotopic (exact) mass is 300 g/mol. The van der Waals surface area contributed by atoms with Gasteiger partial charge in [0.1, 0.15) is 11.3 Å². The molecule has 0 saturated carbocycles. The van der Waals surface area contributed by atoms with Gasteiger partial charge in [-0.3, -0.25) is 14.6 Å². The first-order chi connectivity index (χ1) is 10.7. The number of ether oxygens (including phenoxy) is 1. The van der Waals surface area contributed by atoms with Crippen LogP contribution in [0.4, 0.5) is 0 Å². The van der Waals surface area contributed by atoms with Crippen molar-refractivity contribution >= 4 is 5.91 Å². The molecule has 2 N–H and O–H groups in total. The molecule has 0 aliphatic carbocycles. The lowest BCUT2D eigenvalue weighted by atomic mass is 10.2. The van der Waals surface area contributed by atoms with E-state index in [4.69, 9.17) is 4.74 Å². The molecule has 0 bridgehead atoms. The number of carbonyl (C=O) groups excluding carboxylic acids is 1. The van der Waals surface area contributed by atoms with Crippen molar-refractivity contribution < 1.29 is 9.53 Å². The molecule has 3 rings (SSSR count). The molecule has 0 spiro atoms. The Kier molecular flexibility index (Phi) is 4.24. The third-order valence-corrected chi connectivity index (χ3v) is 3.47. The van der Waals surface area contributed by atoms with E-state index in [1.165, 1.54) is 6.20 Å².